The third kappa shape index (κ3) is 2.47. The summed E-state index contributed by atoms with van der Waals surface area (Å²) in [7, 11) is 1.65. The second-order valence-electron chi connectivity index (χ2n) is 4.21. The number of benzene rings is 2. The molecular weight excluding hydrogens is 252 g/mol. The Hall–Kier alpha value is -2.82. The van der Waals surface area contributed by atoms with Crippen molar-refractivity contribution in [3.8, 4) is 11.4 Å². The minimum absolute atomic E-state index is 0.668. The highest BCUT2D eigenvalue weighted by Crippen LogP contribution is 2.20. The number of nitrogens with one attached hydrogen (secondary N) is 1. The summed E-state index contributed by atoms with van der Waals surface area (Å²) in [4.78, 5) is 0. The molecule has 0 bridgehead atoms. The van der Waals surface area contributed by atoms with E-state index in [-0.39, 0.29) is 0 Å². The van der Waals surface area contributed by atoms with Gasteiger partial charge in [-0.05, 0) is 36.4 Å². The molecule has 100 valence electrons. The van der Waals surface area contributed by atoms with E-state index >= 15 is 0 Å². The topological polar surface area (TPSA) is 52.0 Å². The Labute approximate surface area is 116 Å². The van der Waals surface area contributed by atoms with Crippen LogP contribution in [0, 0.1) is 0 Å². The highest BCUT2D eigenvalue weighted by atomic mass is 16.5. The minimum atomic E-state index is 0.668. The number of anilines is 2. The van der Waals surface area contributed by atoms with Crippen LogP contribution in [-0.4, -0.2) is 21.9 Å². The fraction of sp³-hybridized carbons (Fsp3) is 0.0667. The molecule has 0 aliphatic heterocycles. The molecule has 0 atom stereocenters. The fourth-order valence-corrected chi connectivity index (χ4v) is 1.90. The molecule has 0 saturated carbocycles. The van der Waals surface area contributed by atoms with Crippen molar-refractivity contribution in [3.05, 3.63) is 60.9 Å². The number of hydrogen-bond donors (Lipinski definition) is 1. The third-order valence-electron chi connectivity index (χ3n) is 2.93. The van der Waals surface area contributed by atoms with Gasteiger partial charge in [0, 0.05) is 5.69 Å². The maximum absolute atomic E-state index is 5.14. The highest BCUT2D eigenvalue weighted by molar-refractivity contribution is 5.56. The van der Waals surface area contributed by atoms with Crippen molar-refractivity contribution in [1.29, 1.82) is 0 Å². The lowest BCUT2D eigenvalue weighted by atomic mass is 10.3. The lowest BCUT2D eigenvalue weighted by molar-refractivity contribution is 0.415. The summed E-state index contributed by atoms with van der Waals surface area (Å²) in [5, 5.41) is 11.3. The van der Waals surface area contributed by atoms with Crippen LogP contribution in [0.15, 0.2) is 60.9 Å². The van der Waals surface area contributed by atoms with E-state index in [0.29, 0.717) is 5.95 Å². The van der Waals surface area contributed by atoms with Gasteiger partial charge in [0.05, 0.1) is 12.8 Å². The molecule has 0 fully saturated rings. The Bertz CT molecular complexity index is 677. The Balaban J connectivity index is 1.86. The summed E-state index contributed by atoms with van der Waals surface area (Å²) in [6.45, 7) is 0. The maximum atomic E-state index is 5.14. The number of para-hydroxylation sites is 1. The molecule has 2 aromatic carbocycles. The second kappa shape index (κ2) is 5.44. The van der Waals surface area contributed by atoms with E-state index < -0.39 is 0 Å². The van der Waals surface area contributed by atoms with Crippen LogP contribution >= 0.6 is 0 Å². The molecule has 1 N–H and O–H groups in total. The van der Waals surface area contributed by atoms with Crippen LogP contribution in [0.4, 0.5) is 11.6 Å². The van der Waals surface area contributed by atoms with Gasteiger partial charge in [-0.25, -0.2) is 0 Å². The number of methoxy groups -OCH3 is 1. The molecule has 1 aromatic heterocycles. The zero-order valence-corrected chi connectivity index (χ0v) is 11.0. The Morgan fingerprint density at radius 2 is 1.75 bits per heavy atom. The van der Waals surface area contributed by atoms with Crippen LogP contribution in [0.2, 0.25) is 0 Å². The Kier molecular flexibility index (Phi) is 3.33. The first-order valence-electron chi connectivity index (χ1n) is 6.23. The van der Waals surface area contributed by atoms with E-state index in [0.717, 1.165) is 17.1 Å². The van der Waals surface area contributed by atoms with Gasteiger partial charge in [-0.15, -0.1) is 10.2 Å². The van der Waals surface area contributed by atoms with E-state index in [2.05, 4.69) is 15.5 Å². The quantitative estimate of drug-likeness (QED) is 0.788. The first kappa shape index (κ1) is 12.2. The van der Waals surface area contributed by atoms with Crippen molar-refractivity contribution in [2.24, 2.45) is 0 Å². The minimum Gasteiger partial charge on any atom is -0.497 e. The number of ether oxygens (including phenoxy) is 1. The van der Waals surface area contributed by atoms with Gasteiger partial charge in [0.15, 0.2) is 0 Å². The third-order valence-corrected chi connectivity index (χ3v) is 2.93. The molecule has 0 amide bonds. The molecule has 0 saturated heterocycles. The summed E-state index contributed by atoms with van der Waals surface area (Å²) in [5.74, 6) is 1.49. The SMILES string of the molecule is COc1ccc(Nc2nncn2-c2ccccc2)cc1. The molecule has 3 aromatic rings. The largest absolute Gasteiger partial charge is 0.497 e. The van der Waals surface area contributed by atoms with Gasteiger partial charge in [0.1, 0.15) is 12.1 Å². The van der Waals surface area contributed by atoms with E-state index in [1.54, 1.807) is 13.4 Å². The normalized spacial score (nSPS) is 10.2. The van der Waals surface area contributed by atoms with E-state index in [4.69, 9.17) is 4.74 Å². The molecular formula is C15H14N4O. The number of hydrogen-bond acceptors (Lipinski definition) is 4. The first-order valence-corrected chi connectivity index (χ1v) is 6.23. The standard InChI is InChI=1S/C15H14N4O/c1-20-14-9-7-12(8-10-14)17-15-18-16-11-19(15)13-5-3-2-4-6-13/h2-11H,1H3,(H,17,18). The number of aromatic nitrogens is 3. The Morgan fingerprint density at radius 3 is 2.45 bits per heavy atom. The molecule has 5 nitrogen and oxygen atoms in total. The maximum Gasteiger partial charge on any atom is 0.233 e. The van der Waals surface area contributed by atoms with Crippen LogP contribution < -0.4 is 10.1 Å². The number of rotatable bonds is 4. The van der Waals surface area contributed by atoms with Gasteiger partial charge in [-0.3, -0.25) is 4.57 Å². The molecule has 20 heavy (non-hydrogen) atoms. The van der Waals surface area contributed by atoms with Crippen LogP contribution in [-0.2, 0) is 0 Å². The van der Waals surface area contributed by atoms with E-state index in [9.17, 15) is 0 Å². The van der Waals surface area contributed by atoms with Crippen molar-refractivity contribution >= 4 is 11.6 Å². The van der Waals surface area contributed by atoms with E-state index in [1.165, 1.54) is 0 Å². The molecule has 0 aliphatic rings. The molecule has 1 heterocycles. The lowest BCUT2D eigenvalue weighted by Crippen LogP contribution is -2.00. The molecule has 0 unspecified atom stereocenters. The molecule has 0 aliphatic carbocycles. The zero-order chi connectivity index (χ0) is 13.8. The van der Waals surface area contributed by atoms with E-state index in [1.807, 2.05) is 59.2 Å². The van der Waals surface area contributed by atoms with Crippen molar-refractivity contribution < 1.29 is 4.74 Å². The van der Waals surface area contributed by atoms with Crippen LogP contribution in [0.25, 0.3) is 5.69 Å². The van der Waals surface area contributed by atoms with Crippen molar-refractivity contribution in [3.63, 3.8) is 0 Å². The van der Waals surface area contributed by atoms with Gasteiger partial charge in [0.25, 0.3) is 0 Å². The summed E-state index contributed by atoms with van der Waals surface area (Å²) in [6, 6.07) is 17.6. The average molecular weight is 266 g/mol. The lowest BCUT2D eigenvalue weighted by Gasteiger charge is -2.09. The highest BCUT2D eigenvalue weighted by Gasteiger charge is 2.06. The smallest absolute Gasteiger partial charge is 0.233 e. The molecule has 3 rings (SSSR count). The van der Waals surface area contributed by atoms with Crippen LogP contribution in [0.1, 0.15) is 0 Å². The predicted octanol–water partition coefficient (Wildman–Crippen LogP) is 3.02. The molecule has 0 spiro atoms. The van der Waals surface area contributed by atoms with Gasteiger partial charge in [-0.2, -0.15) is 0 Å². The van der Waals surface area contributed by atoms with Gasteiger partial charge in [0.2, 0.25) is 5.95 Å². The number of nitrogens with zero attached hydrogens (tertiary/aromatic N) is 3. The van der Waals surface area contributed by atoms with Gasteiger partial charge >= 0.3 is 0 Å². The Morgan fingerprint density at radius 1 is 1.00 bits per heavy atom. The summed E-state index contributed by atoms with van der Waals surface area (Å²) in [5.41, 5.74) is 1.93. The second-order valence-corrected chi connectivity index (χ2v) is 4.21. The van der Waals surface area contributed by atoms with Crippen LogP contribution in [0.3, 0.4) is 0 Å². The predicted molar refractivity (Wildman–Crippen MR) is 77.6 cm³/mol. The van der Waals surface area contributed by atoms with Gasteiger partial charge in [-0.1, -0.05) is 18.2 Å². The van der Waals surface area contributed by atoms with Crippen molar-refractivity contribution in [2.45, 2.75) is 0 Å². The zero-order valence-electron chi connectivity index (χ0n) is 11.0. The summed E-state index contributed by atoms with van der Waals surface area (Å²) in [6.07, 6.45) is 1.68. The summed E-state index contributed by atoms with van der Waals surface area (Å²) >= 11 is 0. The summed E-state index contributed by atoms with van der Waals surface area (Å²) < 4.78 is 7.03. The molecule has 5 heteroatoms. The van der Waals surface area contributed by atoms with Crippen molar-refractivity contribution in [1.82, 2.24) is 14.8 Å². The van der Waals surface area contributed by atoms with Crippen molar-refractivity contribution in [2.75, 3.05) is 12.4 Å². The monoisotopic (exact) mass is 266 g/mol. The van der Waals surface area contributed by atoms with Crippen LogP contribution in [0.5, 0.6) is 5.75 Å². The molecule has 0 radical (unpaired) electrons. The van der Waals surface area contributed by atoms with Gasteiger partial charge < -0.3 is 10.1 Å². The average Bonchev–Trinajstić information content (AvgIpc) is 2.97. The fourth-order valence-electron chi connectivity index (χ4n) is 1.90. The first-order chi connectivity index (χ1) is 9.86.